The molecule has 0 aliphatic rings. The zero-order valence-corrected chi connectivity index (χ0v) is 16.8. The summed E-state index contributed by atoms with van der Waals surface area (Å²) in [5, 5.41) is 6.35. The Hall–Kier alpha value is -3.31. The summed E-state index contributed by atoms with van der Waals surface area (Å²) in [4.78, 5) is 26.1. The van der Waals surface area contributed by atoms with Crippen LogP contribution in [0.25, 0.3) is 11.1 Å². The molecule has 0 aliphatic carbocycles. The van der Waals surface area contributed by atoms with Crippen LogP contribution in [0, 0.1) is 0 Å². The monoisotopic (exact) mass is 407 g/mol. The van der Waals surface area contributed by atoms with E-state index in [0.717, 1.165) is 16.8 Å². The molecule has 3 aromatic rings. The average molecular weight is 408 g/mol. The number of rotatable bonds is 7. The maximum atomic E-state index is 12.5. The lowest BCUT2D eigenvalue weighted by Crippen LogP contribution is -2.38. The first-order valence-corrected chi connectivity index (χ1v) is 9.59. The number of hydrogen-bond acceptors (Lipinski definition) is 3. The van der Waals surface area contributed by atoms with Crippen molar-refractivity contribution in [3.05, 3.63) is 83.9 Å². The van der Waals surface area contributed by atoms with Crippen LogP contribution in [0.4, 0.5) is 11.4 Å². The Bertz CT molecular complexity index is 992. The quantitative estimate of drug-likeness (QED) is 0.605. The lowest BCUT2D eigenvalue weighted by molar-refractivity contribution is -0.131. The van der Waals surface area contributed by atoms with Gasteiger partial charge in [0.15, 0.2) is 0 Å². The Balaban J connectivity index is 1.57. The van der Waals surface area contributed by atoms with Gasteiger partial charge in [-0.05, 0) is 23.8 Å². The lowest BCUT2D eigenvalue weighted by atomic mass is 10.0. The standard InChI is InChI=1S/C23H22ClN3O2/c1-27(16-22(28)26-21-14-8-6-12-19(21)24)23(29)15-25-20-13-7-5-11-18(20)17-9-3-2-4-10-17/h2-14,25H,15-16H2,1H3,(H,26,28). The van der Waals surface area contributed by atoms with Crippen molar-refractivity contribution >= 4 is 34.8 Å². The molecule has 6 heteroatoms. The third-order valence-corrected chi connectivity index (χ3v) is 4.73. The molecule has 2 N–H and O–H groups in total. The topological polar surface area (TPSA) is 61.4 Å². The second-order valence-electron chi connectivity index (χ2n) is 6.54. The molecule has 0 saturated carbocycles. The van der Waals surface area contributed by atoms with E-state index in [9.17, 15) is 9.59 Å². The molecule has 0 fully saturated rings. The van der Waals surface area contributed by atoms with Crippen molar-refractivity contribution in [1.29, 1.82) is 0 Å². The van der Waals surface area contributed by atoms with E-state index in [1.165, 1.54) is 4.90 Å². The number of nitrogens with one attached hydrogen (secondary N) is 2. The summed E-state index contributed by atoms with van der Waals surface area (Å²) < 4.78 is 0. The molecule has 0 bridgehead atoms. The number of carbonyl (C=O) groups excluding carboxylic acids is 2. The summed E-state index contributed by atoms with van der Waals surface area (Å²) >= 11 is 6.05. The molecule has 0 unspecified atom stereocenters. The number of amides is 2. The zero-order chi connectivity index (χ0) is 20.6. The maximum absolute atomic E-state index is 12.5. The van der Waals surface area contributed by atoms with Crippen LogP contribution < -0.4 is 10.6 Å². The molecule has 2 amide bonds. The molecule has 3 rings (SSSR count). The van der Waals surface area contributed by atoms with Gasteiger partial charge in [0.25, 0.3) is 0 Å². The molecule has 0 aromatic heterocycles. The van der Waals surface area contributed by atoms with Crippen molar-refractivity contribution in [3.63, 3.8) is 0 Å². The first kappa shape index (κ1) is 20.4. The Labute approximate surface area is 175 Å². The summed E-state index contributed by atoms with van der Waals surface area (Å²) in [5.74, 6) is -0.499. The van der Waals surface area contributed by atoms with Crippen LogP contribution in [0.1, 0.15) is 0 Å². The zero-order valence-electron chi connectivity index (χ0n) is 16.1. The van der Waals surface area contributed by atoms with Crippen molar-refractivity contribution in [2.75, 3.05) is 30.8 Å². The van der Waals surface area contributed by atoms with Gasteiger partial charge in [0.1, 0.15) is 0 Å². The largest absolute Gasteiger partial charge is 0.376 e. The molecule has 0 heterocycles. The highest BCUT2D eigenvalue weighted by molar-refractivity contribution is 6.33. The molecule has 0 radical (unpaired) electrons. The Kier molecular flexibility index (Phi) is 6.87. The second kappa shape index (κ2) is 9.75. The highest BCUT2D eigenvalue weighted by Gasteiger charge is 2.14. The fourth-order valence-electron chi connectivity index (χ4n) is 2.87. The number of benzene rings is 3. The van der Waals surface area contributed by atoms with Crippen molar-refractivity contribution in [1.82, 2.24) is 4.90 Å². The first-order chi connectivity index (χ1) is 14.0. The highest BCUT2D eigenvalue weighted by atomic mass is 35.5. The third-order valence-electron chi connectivity index (χ3n) is 4.40. The maximum Gasteiger partial charge on any atom is 0.244 e. The van der Waals surface area contributed by atoms with Gasteiger partial charge in [-0.15, -0.1) is 0 Å². The molecular weight excluding hydrogens is 386 g/mol. The van der Waals surface area contributed by atoms with Gasteiger partial charge < -0.3 is 15.5 Å². The van der Waals surface area contributed by atoms with Crippen LogP contribution in [0.5, 0.6) is 0 Å². The predicted molar refractivity (Wildman–Crippen MR) is 118 cm³/mol. The van der Waals surface area contributed by atoms with Crippen LogP contribution in [0.15, 0.2) is 78.9 Å². The number of anilines is 2. The van der Waals surface area contributed by atoms with Gasteiger partial charge in [0, 0.05) is 18.3 Å². The molecule has 0 saturated heterocycles. The smallest absolute Gasteiger partial charge is 0.244 e. The molecule has 5 nitrogen and oxygen atoms in total. The summed E-state index contributed by atoms with van der Waals surface area (Å²) in [6, 6.07) is 24.7. The van der Waals surface area contributed by atoms with Gasteiger partial charge in [-0.1, -0.05) is 72.3 Å². The molecule has 3 aromatic carbocycles. The minimum atomic E-state index is -0.307. The third kappa shape index (κ3) is 5.59. The van der Waals surface area contributed by atoms with E-state index in [2.05, 4.69) is 10.6 Å². The molecule has 0 spiro atoms. The fourth-order valence-corrected chi connectivity index (χ4v) is 3.05. The second-order valence-corrected chi connectivity index (χ2v) is 6.95. The molecule has 0 atom stereocenters. The van der Waals surface area contributed by atoms with E-state index < -0.39 is 0 Å². The van der Waals surface area contributed by atoms with Crippen LogP contribution in [0.3, 0.4) is 0 Å². The van der Waals surface area contributed by atoms with E-state index >= 15 is 0 Å². The van der Waals surface area contributed by atoms with E-state index in [0.29, 0.717) is 10.7 Å². The van der Waals surface area contributed by atoms with Crippen LogP contribution in [-0.2, 0) is 9.59 Å². The number of likely N-dealkylation sites (N-methyl/N-ethyl adjacent to an activating group) is 1. The van der Waals surface area contributed by atoms with Crippen LogP contribution in [0.2, 0.25) is 5.02 Å². The van der Waals surface area contributed by atoms with E-state index in [4.69, 9.17) is 11.6 Å². The number of halogens is 1. The molecule has 0 aliphatic heterocycles. The van der Waals surface area contributed by atoms with E-state index in [-0.39, 0.29) is 24.9 Å². The van der Waals surface area contributed by atoms with Gasteiger partial charge in [-0.3, -0.25) is 9.59 Å². The Morgan fingerprint density at radius 1 is 0.862 bits per heavy atom. The van der Waals surface area contributed by atoms with E-state index in [1.54, 1.807) is 31.3 Å². The van der Waals surface area contributed by atoms with Gasteiger partial charge in [-0.25, -0.2) is 0 Å². The molecular formula is C23H22ClN3O2. The minimum Gasteiger partial charge on any atom is -0.376 e. The van der Waals surface area contributed by atoms with Crippen LogP contribution in [-0.4, -0.2) is 36.9 Å². The highest BCUT2D eigenvalue weighted by Crippen LogP contribution is 2.27. The lowest BCUT2D eigenvalue weighted by Gasteiger charge is -2.18. The minimum absolute atomic E-state index is 0.0634. The predicted octanol–water partition coefficient (Wildman–Crippen LogP) is 4.52. The summed E-state index contributed by atoms with van der Waals surface area (Å²) in [6.07, 6.45) is 0. The van der Waals surface area contributed by atoms with E-state index in [1.807, 2.05) is 54.6 Å². The Morgan fingerprint density at radius 3 is 2.21 bits per heavy atom. The summed E-state index contributed by atoms with van der Waals surface area (Å²) in [6.45, 7) is 0.0196. The van der Waals surface area contributed by atoms with Crippen molar-refractivity contribution in [2.45, 2.75) is 0 Å². The average Bonchev–Trinajstić information content (AvgIpc) is 2.74. The molecule has 29 heavy (non-hydrogen) atoms. The Morgan fingerprint density at radius 2 is 1.48 bits per heavy atom. The number of para-hydroxylation sites is 2. The van der Waals surface area contributed by atoms with Crippen molar-refractivity contribution < 1.29 is 9.59 Å². The normalized spacial score (nSPS) is 10.3. The van der Waals surface area contributed by atoms with Gasteiger partial charge in [0.2, 0.25) is 11.8 Å². The van der Waals surface area contributed by atoms with Crippen molar-refractivity contribution in [3.8, 4) is 11.1 Å². The number of carbonyl (C=O) groups is 2. The van der Waals surface area contributed by atoms with Gasteiger partial charge in [-0.2, -0.15) is 0 Å². The number of nitrogens with zero attached hydrogens (tertiary/aromatic N) is 1. The summed E-state index contributed by atoms with van der Waals surface area (Å²) in [7, 11) is 1.60. The van der Waals surface area contributed by atoms with Crippen LogP contribution >= 0.6 is 11.6 Å². The fraction of sp³-hybridized carbons (Fsp3) is 0.130. The summed E-state index contributed by atoms with van der Waals surface area (Å²) in [5.41, 5.74) is 3.46. The molecule has 148 valence electrons. The van der Waals surface area contributed by atoms with Gasteiger partial charge >= 0.3 is 0 Å². The van der Waals surface area contributed by atoms with Gasteiger partial charge in [0.05, 0.1) is 23.8 Å². The first-order valence-electron chi connectivity index (χ1n) is 9.21. The number of hydrogen-bond donors (Lipinski definition) is 2. The van der Waals surface area contributed by atoms with Crippen molar-refractivity contribution in [2.24, 2.45) is 0 Å². The SMILES string of the molecule is CN(CC(=O)Nc1ccccc1Cl)C(=O)CNc1ccccc1-c1ccccc1.